The van der Waals surface area contributed by atoms with E-state index in [4.69, 9.17) is 0 Å². The van der Waals surface area contributed by atoms with Crippen LogP contribution in [0.15, 0.2) is 18.2 Å². The summed E-state index contributed by atoms with van der Waals surface area (Å²) in [6.45, 7) is 8.64. The van der Waals surface area contributed by atoms with E-state index in [0.29, 0.717) is 0 Å². The standard InChI is InChI=1S/C8H6F3O.3C4H9.Sn/c1-6-3-2-4-7(5-6)12-8(9,10)11;3*1-3-4-2;/h2,4-5H,1H3;3*1,3-4H2,2H3;. The van der Waals surface area contributed by atoms with Crippen LogP contribution in [0.25, 0.3) is 0 Å². The molecule has 0 aliphatic carbocycles. The van der Waals surface area contributed by atoms with Crippen molar-refractivity contribution >= 4 is 22.0 Å². The first-order valence-corrected chi connectivity index (χ1v) is 17.1. The Bertz CT molecular complexity index is 492. The zero-order chi connectivity index (χ0) is 18.9. The summed E-state index contributed by atoms with van der Waals surface area (Å²) >= 11 is -2.60. The van der Waals surface area contributed by atoms with Gasteiger partial charge in [-0.15, -0.1) is 0 Å². The molecule has 0 aliphatic heterocycles. The van der Waals surface area contributed by atoms with Crippen LogP contribution in [0.4, 0.5) is 13.2 Å². The molecule has 0 fully saturated rings. The SMILES string of the molecule is CCC[CH2][Sn]([CH2]CCC)([CH2]CCC)[c]1ccc(OC(F)(F)F)cc1C. The molecular weight excluding hydrogens is 432 g/mol. The Morgan fingerprint density at radius 2 is 1.36 bits per heavy atom. The summed E-state index contributed by atoms with van der Waals surface area (Å²) in [5, 5.41) is 0. The molecule has 1 aromatic carbocycles. The molecule has 0 saturated heterocycles. The molecule has 0 amide bonds. The van der Waals surface area contributed by atoms with Crippen molar-refractivity contribution in [1.82, 2.24) is 0 Å². The third-order valence-electron chi connectivity index (χ3n) is 5.03. The van der Waals surface area contributed by atoms with E-state index in [0.717, 1.165) is 5.56 Å². The number of hydrogen-bond donors (Lipinski definition) is 0. The van der Waals surface area contributed by atoms with Crippen LogP contribution in [0.3, 0.4) is 0 Å². The molecule has 0 aromatic heterocycles. The third kappa shape index (κ3) is 7.40. The fourth-order valence-corrected chi connectivity index (χ4v) is 20.9. The van der Waals surface area contributed by atoms with Gasteiger partial charge in [0.25, 0.3) is 0 Å². The van der Waals surface area contributed by atoms with Gasteiger partial charge in [0.2, 0.25) is 0 Å². The van der Waals surface area contributed by atoms with Gasteiger partial charge in [-0.25, -0.2) is 0 Å². The van der Waals surface area contributed by atoms with Crippen LogP contribution in [0.1, 0.15) is 64.9 Å². The molecule has 1 nitrogen and oxygen atoms in total. The average Bonchev–Trinajstić information content (AvgIpc) is 2.53. The zero-order valence-electron chi connectivity index (χ0n) is 16.1. The number of unbranched alkanes of at least 4 members (excludes halogenated alkanes) is 3. The van der Waals surface area contributed by atoms with Crippen molar-refractivity contribution in [2.45, 2.75) is 85.9 Å². The Balaban J connectivity index is 3.21. The first-order valence-electron chi connectivity index (χ1n) is 9.65. The summed E-state index contributed by atoms with van der Waals surface area (Å²) in [5.41, 5.74) is 1.00. The van der Waals surface area contributed by atoms with E-state index in [1.165, 1.54) is 61.5 Å². The third-order valence-corrected chi connectivity index (χ3v) is 21.1. The fourth-order valence-electron chi connectivity index (χ4n) is 3.75. The minimum absolute atomic E-state index is 0.0876. The second-order valence-electron chi connectivity index (χ2n) is 7.12. The summed E-state index contributed by atoms with van der Waals surface area (Å²) in [6, 6.07) is 5.09. The van der Waals surface area contributed by atoms with E-state index in [-0.39, 0.29) is 5.75 Å². The van der Waals surface area contributed by atoms with Gasteiger partial charge in [-0.1, -0.05) is 0 Å². The van der Waals surface area contributed by atoms with Crippen molar-refractivity contribution in [3.8, 4) is 5.75 Å². The molecule has 0 bridgehead atoms. The van der Waals surface area contributed by atoms with Crippen molar-refractivity contribution in [3.05, 3.63) is 23.8 Å². The number of halogens is 3. The molecule has 0 spiro atoms. The molecule has 0 aliphatic rings. The summed E-state index contributed by atoms with van der Waals surface area (Å²) in [7, 11) is 0. The topological polar surface area (TPSA) is 9.23 Å². The summed E-state index contributed by atoms with van der Waals surface area (Å²) in [4.78, 5) is 0. The fraction of sp³-hybridized carbons (Fsp3) is 0.700. The average molecular weight is 465 g/mol. The van der Waals surface area contributed by atoms with Gasteiger partial charge in [0.1, 0.15) is 0 Å². The van der Waals surface area contributed by atoms with E-state index in [1.807, 2.05) is 13.0 Å². The first kappa shape index (κ1) is 22.6. The maximum atomic E-state index is 12.5. The maximum absolute atomic E-state index is 12.5. The van der Waals surface area contributed by atoms with Gasteiger partial charge in [0.05, 0.1) is 0 Å². The van der Waals surface area contributed by atoms with Crippen molar-refractivity contribution in [3.63, 3.8) is 0 Å². The Labute approximate surface area is 155 Å². The van der Waals surface area contributed by atoms with E-state index in [9.17, 15) is 13.2 Å². The van der Waals surface area contributed by atoms with Crippen molar-refractivity contribution in [1.29, 1.82) is 0 Å². The van der Waals surface area contributed by atoms with E-state index < -0.39 is 24.7 Å². The Morgan fingerprint density at radius 1 is 0.880 bits per heavy atom. The van der Waals surface area contributed by atoms with Gasteiger partial charge in [-0.3, -0.25) is 0 Å². The van der Waals surface area contributed by atoms with Crippen LogP contribution in [0.5, 0.6) is 5.75 Å². The molecular formula is C20H33F3OSn. The van der Waals surface area contributed by atoms with Crippen LogP contribution >= 0.6 is 0 Å². The minimum atomic E-state index is -4.62. The van der Waals surface area contributed by atoms with E-state index >= 15 is 0 Å². The number of hydrogen-bond acceptors (Lipinski definition) is 1. The molecule has 1 rings (SSSR count). The van der Waals surface area contributed by atoms with Crippen LogP contribution < -0.4 is 8.32 Å². The van der Waals surface area contributed by atoms with Crippen molar-refractivity contribution < 1.29 is 17.9 Å². The Kier molecular flexibility index (Phi) is 9.68. The molecule has 0 unspecified atom stereocenters. The quantitative estimate of drug-likeness (QED) is 0.322. The van der Waals surface area contributed by atoms with Gasteiger partial charge in [0, 0.05) is 0 Å². The summed E-state index contributed by atoms with van der Waals surface area (Å²) < 4.78 is 47.0. The van der Waals surface area contributed by atoms with Gasteiger partial charge in [-0.05, 0) is 0 Å². The van der Waals surface area contributed by atoms with Crippen LogP contribution in [0, 0.1) is 6.92 Å². The van der Waals surface area contributed by atoms with E-state index in [1.54, 1.807) is 6.07 Å². The first-order chi connectivity index (χ1) is 11.8. The van der Waals surface area contributed by atoms with Gasteiger partial charge in [0.15, 0.2) is 0 Å². The second kappa shape index (κ2) is 10.7. The molecule has 0 heterocycles. The number of ether oxygens (including phenoxy) is 1. The number of alkyl halides is 3. The van der Waals surface area contributed by atoms with Crippen LogP contribution in [-0.4, -0.2) is 24.7 Å². The predicted molar refractivity (Wildman–Crippen MR) is 102 cm³/mol. The van der Waals surface area contributed by atoms with Gasteiger partial charge < -0.3 is 0 Å². The van der Waals surface area contributed by atoms with Crippen LogP contribution in [-0.2, 0) is 0 Å². The monoisotopic (exact) mass is 466 g/mol. The molecule has 1 aromatic rings. The second-order valence-corrected chi connectivity index (χ2v) is 20.2. The summed E-state index contributed by atoms with van der Waals surface area (Å²) in [5.74, 6) is -0.0876. The van der Waals surface area contributed by atoms with Gasteiger partial charge >= 0.3 is 155 Å². The van der Waals surface area contributed by atoms with Gasteiger partial charge in [-0.2, -0.15) is 0 Å². The summed E-state index contributed by atoms with van der Waals surface area (Å²) in [6.07, 6.45) is 2.65. The molecule has 0 saturated carbocycles. The Morgan fingerprint density at radius 3 is 1.72 bits per heavy atom. The predicted octanol–water partition coefficient (Wildman–Crippen LogP) is 6.95. The number of aryl methyl sites for hydroxylation is 1. The molecule has 5 heteroatoms. The number of benzene rings is 1. The van der Waals surface area contributed by atoms with Crippen molar-refractivity contribution in [2.24, 2.45) is 0 Å². The Hall–Kier alpha value is -0.391. The molecule has 144 valence electrons. The van der Waals surface area contributed by atoms with E-state index in [2.05, 4.69) is 25.5 Å². The molecule has 25 heavy (non-hydrogen) atoms. The zero-order valence-corrected chi connectivity index (χ0v) is 19.0. The normalized spacial score (nSPS) is 12.4. The molecule has 0 N–H and O–H groups in total. The van der Waals surface area contributed by atoms with Crippen molar-refractivity contribution in [2.75, 3.05) is 0 Å². The molecule has 0 atom stereocenters. The van der Waals surface area contributed by atoms with Crippen LogP contribution in [0.2, 0.25) is 13.3 Å². The molecule has 0 radical (unpaired) electrons. The number of rotatable bonds is 11.